The fraction of sp³-hybridized carbons (Fsp3) is 0.214. The summed E-state index contributed by atoms with van der Waals surface area (Å²) >= 11 is 1.66. The maximum absolute atomic E-state index is 11.6. The van der Waals surface area contributed by atoms with Crippen LogP contribution in [0.3, 0.4) is 0 Å². The van der Waals surface area contributed by atoms with Crippen molar-refractivity contribution in [2.24, 2.45) is 0 Å². The molecule has 0 aliphatic carbocycles. The molecule has 0 bridgehead atoms. The zero-order valence-corrected chi connectivity index (χ0v) is 11.4. The molecule has 5 heteroatoms. The van der Waals surface area contributed by atoms with Crippen molar-refractivity contribution in [3.63, 3.8) is 0 Å². The number of carbonyl (C=O) groups is 1. The number of furan rings is 1. The van der Waals surface area contributed by atoms with E-state index in [0.717, 1.165) is 5.76 Å². The van der Waals surface area contributed by atoms with Gasteiger partial charge in [-0.15, -0.1) is 11.8 Å². The van der Waals surface area contributed by atoms with Crippen LogP contribution in [0.2, 0.25) is 0 Å². The second kappa shape index (κ2) is 7.01. The van der Waals surface area contributed by atoms with E-state index in [1.807, 2.05) is 30.3 Å². The SMILES string of the molecule is CCONC(=O)c1ccc(CSc2ccccc2)o1. The Labute approximate surface area is 116 Å². The third kappa shape index (κ3) is 4.15. The standard InChI is InChI=1S/C14H15NO3S/c1-2-17-15-14(16)13-9-8-11(18-13)10-19-12-6-4-3-5-7-12/h3-9H,2,10H2,1H3,(H,15,16). The molecule has 1 heterocycles. The molecule has 0 unspecified atom stereocenters. The Morgan fingerprint density at radius 1 is 1.26 bits per heavy atom. The number of benzene rings is 1. The van der Waals surface area contributed by atoms with Gasteiger partial charge in [0.2, 0.25) is 0 Å². The Kier molecular flexibility index (Phi) is 5.06. The minimum atomic E-state index is -0.363. The highest BCUT2D eigenvalue weighted by Gasteiger charge is 2.11. The monoisotopic (exact) mass is 277 g/mol. The van der Waals surface area contributed by atoms with E-state index in [9.17, 15) is 4.79 Å². The lowest BCUT2D eigenvalue weighted by atomic mass is 10.4. The van der Waals surface area contributed by atoms with Crippen molar-refractivity contribution in [2.45, 2.75) is 17.6 Å². The maximum Gasteiger partial charge on any atom is 0.310 e. The van der Waals surface area contributed by atoms with E-state index < -0.39 is 0 Å². The number of amides is 1. The molecule has 4 nitrogen and oxygen atoms in total. The van der Waals surface area contributed by atoms with Crippen LogP contribution in [0.5, 0.6) is 0 Å². The number of nitrogens with one attached hydrogen (secondary N) is 1. The fourth-order valence-corrected chi connectivity index (χ4v) is 2.25. The molecule has 0 aliphatic heterocycles. The summed E-state index contributed by atoms with van der Waals surface area (Å²) in [6.45, 7) is 2.22. The third-order valence-corrected chi connectivity index (χ3v) is 3.35. The van der Waals surface area contributed by atoms with Gasteiger partial charge in [-0.25, -0.2) is 5.48 Å². The van der Waals surface area contributed by atoms with Crippen molar-refractivity contribution < 1.29 is 14.0 Å². The lowest BCUT2D eigenvalue weighted by Gasteiger charge is -2.01. The first-order valence-corrected chi connectivity index (χ1v) is 6.97. The molecule has 0 radical (unpaired) electrons. The first-order valence-electron chi connectivity index (χ1n) is 5.98. The zero-order valence-electron chi connectivity index (χ0n) is 10.6. The number of hydrogen-bond acceptors (Lipinski definition) is 4. The van der Waals surface area contributed by atoms with Crippen molar-refractivity contribution >= 4 is 17.7 Å². The number of hydroxylamine groups is 1. The van der Waals surface area contributed by atoms with Crippen LogP contribution in [0.4, 0.5) is 0 Å². The number of rotatable bonds is 6. The summed E-state index contributed by atoms with van der Waals surface area (Å²) in [6, 6.07) is 13.5. The first kappa shape index (κ1) is 13.7. The summed E-state index contributed by atoms with van der Waals surface area (Å²) in [5.41, 5.74) is 2.30. The fourth-order valence-electron chi connectivity index (χ4n) is 1.44. The van der Waals surface area contributed by atoms with Gasteiger partial charge < -0.3 is 4.42 Å². The summed E-state index contributed by atoms with van der Waals surface area (Å²) in [6.07, 6.45) is 0. The van der Waals surface area contributed by atoms with Crippen LogP contribution in [0, 0.1) is 0 Å². The van der Waals surface area contributed by atoms with Crippen molar-refractivity contribution in [3.05, 3.63) is 54.0 Å². The molecular formula is C14H15NO3S. The van der Waals surface area contributed by atoms with Gasteiger partial charge in [-0.2, -0.15) is 0 Å². The molecule has 19 heavy (non-hydrogen) atoms. The molecule has 2 aromatic rings. The molecule has 1 amide bonds. The van der Waals surface area contributed by atoms with E-state index in [2.05, 4.69) is 5.48 Å². The highest BCUT2D eigenvalue weighted by Crippen LogP contribution is 2.23. The van der Waals surface area contributed by atoms with Crippen LogP contribution in [0.25, 0.3) is 0 Å². The van der Waals surface area contributed by atoms with Gasteiger partial charge >= 0.3 is 5.91 Å². The topological polar surface area (TPSA) is 51.5 Å². The number of carbonyl (C=O) groups excluding carboxylic acids is 1. The largest absolute Gasteiger partial charge is 0.455 e. The molecule has 1 N–H and O–H groups in total. The minimum Gasteiger partial charge on any atom is -0.455 e. The molecule has 0 spiro atoms. The molecule has 0 atom stereocenters. The molecular weight excluding hydrogens is 262 g/mol. The summed E-state index contributed by atoms with van der Waals surface area (Å²) in [5, 5.41) is 0. The van der Waals surface area contributed by atoms with Crippen molar-refractivity contribution in [1.82, 2.24) is 5.48 Å². The molecule has 0 saturated carbocycles. The van der Waals surface area contributed by atoms with Gasteiger partial charge in [-0.05, 0) is 31.2 Å². The van der Waals surface area contributed by atoms with Crippen LogP contribution >= 0.6 is 11.8 Å². The molecule has 2 rings (SSSR count). The van der Waals surface area contributed by atoms with E-state index in [1.54, 1.807) is 30.8 Å². The van der Waals surface area contributed by atoms with Crippen molar-refractivity contribution in [2.75, 3.05) is 6.61 Å². The average Bonchev–Trinajstić information content (AvgIpc) is 2.92. The molecule has 0 fully saturated rings. The second-order valence-corrected chi connectivity index (χ2v) is 4.78. The highest BCUT2D eigenvalue weighted by molar-refractivity contribution is 7.98. The number of hydrogen-bond donors (Lipinski definition) is 1. The minimum absolute atomic E-state index is 0.261. The third-order valence-electron chi connectivity index (χ3n) is 2.32. The van der Waals surface area contributed by atoms with Gasteiger partial charge in [-0.1, -0.05) is 18.2 Å². The van der Waals surface area contributed by atoms with Crippen LogP contribution in [-0.2, 0) is 10.6 Å². The Bertz CT molecular complexity index is 524. The molecule has 1 aromatic carbocycles. The summed E-state index contributed by atoms with van der Waals surface area (Å²) in [4.78, 5) is 17.5. The zero-order chi connectivity index (χ0) is 13.5. The summed E-state index contributed by atoms with van der Waals surface area (Å²) < 4.78 is 5.45. The van der Waals surface area contributed by atoms with Gasteiger partial charge in [0.1, 0.15) is 5.76 Å². The first-order chi connectivity index (χ1) is 9.29. The normalized spacial score (nSPS) is 10.4. The van der Waals surface area contributed by atoms with Crippen LogP contribution in [0.1, 0.15) is 23.2 Å². The number of thioether (sulfide) groups is 1. The van der Waals surface area contributed by atoms with Gasteiger partial charge in [0.05, 0.1) is 12.4 Å². The van der Waals surface area contributed by atoms with Gasteiger partial charge in [0, 0.05) is 4.90 Å². The summed E-state index contributed by atoms with van der Waals surface area (Å²) in [7, 11) is 0. The van der Waals surface area contributed by atoms with Crippen LogP contribution in [0.15, 0.2) is 51.8 Å². The van der Waals surface area contributed by atoms with Gasteiger partial charge in [-0.3, -0.25) is 9.63 Å². The highest BCUT2D eigenvalue weighted by atomic mass is 32.2. The Morgan fingerprint density at radius 3 is 2.79 bits per heavy atom. The van der Waals surface area contributed by atoms with Crippen molar-refractivity contribution in [1.29, 1.82) is 0 Å². The van der Waals surface area contributed by atoms with E-state index in [-0.39, 0.29) is 11.7 Å². The van der Waals surface area contributed by atoms with Crippen molar-refractivity contribution in [3.8, 4) is 0 Å². The quantitative estimate of drug-likeness (QED) is 0.650. The summed E-state index contributed by atoms with van der Waals surface area (Å²) in [5.74, 6) is 1.34. The van der Waals surface area contributed by atoms with E-state index in [0.29, 0.717) is 12.4 Å². The lowest BCUT2D eigenvalue weighted by Crippen LogP contribution is -2.22. The van der Waals surface area contributed by atoms with Gasteiger partial charge in [0.15, 0.2) is 5.76 Å². The molecule has 0 saturated heterocycles. The second-order valence-electron chi connectivity index (χ2n) is 3.73. The molecule has 100 valence electrons. The van der Waals surface area contributed by atoms with E-state index >= 15 is 0 Å². The predicted octanol–water partition coefficient (Wildman–Crippen LogP) is 3.25. The maximum atomic E-state index is 11.6. The smallest absolute Gasteiger partial charge is 0.310 e. The molecule has 0 aliphatic rings. The Balaban J connectivity index is 1.89. The Morgan fingerprint density at radius 2 is 2.05 bits per heavy atom. The average molecular weight is 277 g/mol. The Hall–Kier alpha value is -1.72. The molecule has 1 aromatic heterocycles. The van der Waals surface area contributed by atoms with Gasteiger partial charge in [0.25, 0.3) is 0 Å². The lowest BCUT2D eigenvalue weighted by molar-refractivity contribution is 0.0339. The van der Waals surface area contributed by atoms with Crippen LogP contribution < -0.4 is 5.48 Å². The predicted molar refractivity (Wildman–Crippen MR) is 73.8 cm³/mol. The van der Waals surface area contributed by atoms with E-state index in [1.165, 1.54) is 4.90 Å². The van der Waals surface area contributed by atoms with Crippen LogP contribution in [-0.4, -0.2) is 12.5 Å². The van der Waals surface area contributed by atoms with E-state index in [4.69, 9.17) is 9.25 Å².